The third kappa shape index (κ3) is 4.11. The van der Waals surface area contributed by atoms with Crippen molar-refractivity contribution in [1.29, 1.82) is 0 Å². The summed E-state index contributed by atoms with van der Waals surface area (Å²) in [7, 11) is 0. The Labute approximate surface area is 156 Å². The molecule has 1 aliphatic rings. The number of aryl methyl sites for hydroxylation is 1. The molecule has 0 spiro atoms. The number of fused-ring (bicyclic) bond motifs is 1. The number of thiazole rings is 1. The maximum Gasteiger partial charge on any atom is 0.280 e. The van der Waals surface area contributed by atoms with Crippen molar-refractivity contribution >= 4 is 40.4 Å². The highest BCUT2D eigenvalue weighted by molar-refractivity contribution is 7.13. The van der Waals surface area contributed by atoms with Crippen LogP contribution in [0.25, 0.3) is 0 Å². The second-order valence-electron chi connectivity index (χ2n) is 6.98. The zero-order chi connectivity index (χ0) is 17.3. The molecule has 0 saturated heterocycles. The second-order valence-corrected chi connectivity index (χ2v) is 8.88. The molecule has 0 atom stereocenters. The predicted molar refractivity (Wildman–Crippen MR) is 100 cm³/mol. The van der Waals surface area contributed by atoms with E-state index in [0.29, 0.717) is 33.4 Å². The van der Waals surface area contributed by atoms with Gasteiger partial charge in [0.2, 0.25) is 0 Å². The maximum absolute atomic E-state index is 12.3. The number of hydrogen-bond donors (Lipinski definition) is 1. The SMILES string of the molecule is CC1(C)CCc2nc(C(=O)NCCc3ccc(Cl)c(Cl)c3)sc2C1. The molecule has 0 bridgehead atoms. The fraction of sp³-hybridized carbons (Fsp3) is 0.444. The van der Waals surface area contributed by atoms with Crippen LogP contribution in [0.3, 0.4) is 0 Å². The van der Waals surface area contributed by atoms with Gasteiger partial charge in [-0.1, -0.05) is 43.1 Å². The highest BCUT2D eigenvalue weighted by atomic mass is 35.5. The number of carbonyl (C=O) groups is 1. The van der Waals surface area contributed by atoms with Crippen LogP contribution < -0.4 is 5.32 Å². The largest absolute Gasteiger partial charge is 0.350 e. The van der Waals surface area contributed by atoms with Gasteiger partial charge in [-0.05, 0) is 48.8 Å². The van der Waals surface area contributed by atoms with Crippen molar-refractivity contribution in [2.75, 3.05) is 6.54 Å². The summed E-state index contributed by atoms with van der Waals surface area (Å²) in [5, 5.41) is 4.60. The molecule has 3 nitrogen and oxygen atoms in total. The van der Waals surface area contributed by atoms with Crippen molar-refractivity contribution in [2.24, 2.45) is 5.41 Å². The summed E-state index contributed by atoms with van der Waals surface area (Å²) in [5.74, 6) is -0.0905. The minimum absolute atomic E-state index is 0.0905. The third-order valence-corrected chi connectivity index (χ3v) is 6.17. The molecular weight excluding hydrogens is 363 g/mol. The Morgan fingerprint density at radius 1 is 1.33 bits per heavy atom. The first-order valence-corrected chi connectivity index (χ1v) is 9.62. The number of nitrogens with one attached hydrogen (secondary N) is 1. The van der Waals surface area contributed by atoms with Crippen molar-refractivity contribution in [2.45, 2.75) is 39.5 Å². The van der Waals surface area contributed by atoms with E-state index in [1.807, 2.05) is 12.1 Å². The topological polar surface area (TPSA) is 42.0 Å². The molecule has 1 N–H and O–H groups in total. The van der Waals surface area contributed by atoms with E-state index in [2.05, 4.69) is 24.1 Å². The molecule has 0 aliphatic heterocycles. The van der Waals surface area contributed by atoms with Crippen LogP contribution in [0.5, 0.6) is 0 Å². The van der Waals surface area contributed by atoms with Crippen LogP contribution in [0.15, 0.2) is 18.2 Å². The second kappa shape index (κ2) is 7.03. The van der Waals surface area contributed by atoms with Crippen molar-refractivity contribution in [3.05, 3.63) is 49.4 Å². The number of amides is 1. The number of rotatable bonds is 4. The summed E-state index contributed by atoms with van der Waals surface area (Å²) in [4.78, 5) is 18.1. The molecule has 1 aromatic carbocycles. The molecule has 0 unspecified atom stereocenters. The van der Waals surface area contributed by atoms with Gasteiger partial charge in [0.15, 0.2) is 5.01 Å². The minimum Gasteiger partial charge on any atom is -0.350 e. The lowest BCUT2D eigenvalue weighted by molar-refractivity contribution is 0.0953. The molecule has 0 radical (unpaired) electrons. The number of hydrogen-bond acceptors (Lipinski definition) is 3. The van der Waals surface area contributed by atoms with Gasteiger partial charge in [-0.15, -0.1) is 11.3 Å². The average molecular weight is 383 g/mol. The molecular formula is C18H20Cl2N2OS. The van der Waals surface area contributed by atoms with E-state index in [1.54, 1.807) is 6.07 Å². The summed E-state index contributed by atoms with van der Waals surface area (Å²) in [6, 6.07) is 5.53. The van der Waals surface area contributed by atoms with Crippen LogP contribution in [0.2, 0.25) is 10.0 Å². The number of aromatic nitrogens is 1. The van der Waals surface area contributed by atoms with Gasteiger partial charge in [0.25, 0.3) is 5.91 Å². The monoisotopic (exact) mass is 382 g/mol. The van der Waals surface area contributed by atoms with Crippen molar-refractivity contribution < 1.29 is 4.79 Å². The van der Waals surface area contributed by atoms with E-state index in [9.17, 15) is 4.79 Å². The van der Waals surface area contributed by atoms with E-state index in [4.69, 9.17) is 23.2 Å². The molecule has 6 heteroatoms. The Balaban J connectivity index is 1.58. The summed E-state index contributed by atoms with van der Waals surface area (Å²) in [6.45, 7) is 5.09. The van der Waals surface area contributed by atoms with Gasteiger partial charge in [-0.25, -0.2) is 4.98 Å². The Morgan fingerprint density at radius 3 is 2.88 bits per heavy atom. The van der Waals surface area contributed by atoms with Gasteiger partial charge in [0.1, 0.15) is 0 Å². The molecule has 1 amide bonds. The molecule has 3 rings (SSSR count). The van der Waals surface area contributed by atoms with Crippen molar-refractivity contribution in [3.8, 4) is 0 Å². The predicted octanol–water partition coefficient (Wildman–Crippen LogP) is 4.94. The van der Waals surface area contributed by atoms with Crippen molar-refractivity contribution in [3.63, 3.8) is 0 Å². The molecule has 128 valence electrons. The zero-order valence-corrected chi connectivity index (χ0v) is 16.1. The quantitative estimate of drug-likeness (QED) is 0.813. The van der Waals surface area contributed by atoms with E-state index in [-0.39, 0.29) is 5.91 Å². The Hall–Kier alpha value is -1.10. The van der Waals surface area contributed by atoms with Crippen LogP contribution in [0.1, 0.15) is 46.2 Å². The van der Waals surface area contributed by atoms with Crippen LogP contribution in [-0.4, -0.2) is 17.4 Å². The number of nitrogens with zero attached hydrogens (tertiary/aromatic N) is 1. The first kappa shape index (κ1) is 17.7. The maximum atomic E-state index is 12.3. The fourth-order valence-corrected chi connectivity index (χ4v) is 4.49. The van der Waals surface area contributed by atoms with E-state index >= 15 is 0 Å². The molecule has 0 saturated carbocycles. The molecule has 1 aromatic heterocycles. The molecule has 24 heavy (non-hydrogen) atoms. The standard InChI is InChI=1S/C18H20Cl2N2OS/c1-18(2)7-5-14-15(10-18)24-17(22-14)16(23)21-8-6-11-3-4-12(19)13(20)9-11/h3-4,9H,5-8,10H2,1-2H3,(H,21,23). The lowest BCUT2D eigenvalue weighted by Crippen LogP contribution is -2.25. The highest BCUT2D eigenvalue weighted by Gasteiger charge is 2.29. The summed E-state index contributed by atoms with van der Waals surface area (Å²) in [6.07, 6.45) is 3.81. The normalized spacial score (nSPS) is 15.8. The van der Waals surface area contributed by atoms with E-state index in [0.717, 1.165) is 30.5 Å². The van der Waals surface area contributed by atoms with Gasteiger partial charge in [-0.3, -0.25) is 4.79 Å². The number of halogens is 2. The van der Waals surface area contributed by atoms with Crippen LogP contribution in [0.4, 0.5) is 0 Å². The van der Waals surface area contributed by atoms with Gasteiger partial charge in [-0.2, -0.15) is 0 Å². The molecule has 1 aliphatic carbocycles. The molecule has 0 fully saturated rings. The fourth-order valence-electron chi connectivity index (χ4n) is 2.88. The molecule has 1 heterocycles. The van der Waals surface area contributed by atoms with Crippen molar-refractivity contribution in [1.82, 2.24) is 10.3 Å². The molecule has 2 aromatic rings. The first-order chi connectivity index (χ1) is 11.3. The Morgan fingerprint density at radius 2 is 2.12 bits per heavy atom. The summed E-state index contributed by atoms with van der Waals surface area (Å²) in [5.41, 5.74) is 2.46. The van der Waals surface area contributed by atoms with Gasteiger partial charge < -0.3 is 5.32 Å². The Kier molecular flexibility index (Phi) is 5.19. The van der Waals surface area contributed by atoms with Gasteiger partial charge in [0, 0.05) is 11.4 Å². The number of carbonyl (C=O) groups excluding carboxylic acids is 1. The average Bonchev–Trinajstić information content (AvgIpc) is 2.92. The number of benzene rings is 1. The smallest absolute Gasteiger partial charge is 0.280 e. The lowest BCUT2D eigenvalue weighted by Gasteiger charge is -2.28. The van der Waals surface area contributed by atoms with Gasteiger partial charge >= 0.3 is 0 Å². The van der Waals surface area contributed by atoms with Crippen LogP contribution >= 0.6 is 34.5 Å². The van der Waals surface area contributed by atoms with E-state index in [1.165, 1.54) is 16.2 Å². The Bertz CT molecular complexity index is 770. The minimum atomic E-state index is -0.0905. The first-order valence-electron chi connectivity index (χ1n) is 8.05. The summed E-state index contributed by atoms with van der Waals surface area (Å²) < 4.78 is 0. The third-order valence-electron chi connectivity index (χ3n) is 4.33. The zero-order valence-electron chi connectivity index (χ0n) is 13.8. The lowest BCUT2D eigenvalue weighted by atomic mass is 9.79. The van der Waals surface area contributed by atoms with Gasteiger partial charge in [0.05, 0.1) is 15.7 Å². The van der Waals surface area contributed by atoms with Crippen LogP contribution in [-0.2, 0) is 19.3 Å². The summed E-state index contributed by atoms with van der Waals surface area (Å²) >= 11 is 13.4. The van der Waals surface area contributed by atoms with E-state index < -0.39 is 0 Å². The van der Waals surface area contributed by atoms with Crippen LogP contribution in [0, 0.1) is 5.41 Å². The highest BCUT2D eigenvalue weighted by Crippen LogP contribution is 2.37.